The third-order valence-corrected chi connectivity index (χ3v) is 4.64. The first-order valence-corrected chi connectivity index (χ1v) is 7.24. The molecule has 0 aromatic heterocycles. The SMILES string of the molecule is CC1CC1CNC(CN)C1CCCCCC1. The molecule has 0 bridgehead atoms. The normalized spacial score (nSPS) is 33.4. The molecule has 3 N–H and O–H groups in total. The van der Waals surface area contributed by atoms with Crippen molar-refractivity contribution >= 4 is 0 Å². The predicted octanol–water partition coefficient (Wildman–Crippen LogP) is 2.53. The Labute approximate surface area is 100 Å². The molecule has 94 valence electrons. The molecule has 2 heteroatoms. The maximum absolute atomic E-state index is 5.93. The first-order chi connectivity index (χ1) is 7.81. The minimum atomic E-state index is 0.589. The van der Waals surface area contributed by atoms with Gasteiger partial charge in [-0.25, -0.2) is 0 Å². The molecular formula is C14H28N2. The van der Waals surface area contributed by atoms with E-state index < -0.39 is 0 Å². The topological polar surface area (TPSA) is 38.0 Å². The van der Waals surface area contributed by atoms with Crippen molar-refractivity contribution in [3.63, 3.8) is 0 Å². The number of hydrogen-bond acceptors (Lipinski definition) is 2. The average molecular weight is 224 g/mol. The summed E-state index contributed by atoms with van der Waals surface area (Å²) in [5.41, 5.74) is 5.93. The quantitative estimate of drug-likeness (QED) is 0.704. The zero-order valence-electron chi connectivity index (χ0n) is 10.8. The molecule has 2 saturated carbocycles. The zero-order valence-corrected chi connectivity index (χ0v) is 10.8. The first kappa shape index (κ1) is 12.4. The Morgan fingerprint density at radius 2 is 1.81 bits per heavy atom. The van der Waals surface area contributed by atoms with E-state index in [9.17, 15) is 0 Å². The fraction of sp³-hybridized carbons (Fsp3) is 1.00. The van der Waals surface area contributed by atoms with Crippen molar-refractivity contribution in [1.29, 1.82) is 0 Å². The van der Waals surface area contributed by atoms with E-state index in [2.05, 4.69) is 12.2 Å². The van der Waals surface area contributed by atoms with Crippen molar-refractivity contribution in [3.8, 4) is 0 Å². The van der Waals surface area contributed by atoms with E-state index in [-0.39, 0.29) is 0 Å². The van der Waals surface area contributed by atoms with Gasteiger partial charge in [-0.15, -0.1) is 0 Å². The van der Waals surface area contributed by atoms with Crippen molar-refractivity contribution in [2.75, 3.05) is 13.1 Å². The molecule has 0 saturated heterocycles. The third-order valence-electron chi connectivity index (χ3n) is 4.64. The molecule has 0 aromatic rings. The van der Waals surface area contributed by atoms with Crippen LogP contribution in [-0.2, 0) is 0 Å². The molecule has 0 aromatic carbocycles. The van der Waals surface area contributed by atoms with Gasteiger partial charge in [0.2, 0.25) is 0 Å². The van der Waals surface area contributed by atoms with Gasteiger partial charge in [-0.05, 0) is 43.6 Å². The molecule has 0 heterocycles. The van der Waals surface area contributed by atoms with Gasteiger partial charge in [-0.2, -0.15) is 0 Å². The summed E-state index contributed by atoms with van der Waals surface area (Å²) in [5.74, 6) is 2.75. The van der Waals surface area contributed by atoms with Crippen LogP contribution in [0.1, 0.15) is 51.9 Å². The van der Waals surface area contributed by atoms with E-state index in [0.29, 0.717) is 6.04 Å². The highest BCUT2D eigenvalue weighted by molar-refractivity contribution is 4.87. The van der Waals surface area contributed by atoms with Crippen LogP contribution in [0.3, 0.4) is 0 Å². The summed E-state index contributed by atoms with van der Waals surface area (Å²) in [4.78, 5) is 0. The summed E-state index contributed by atoms with van der Waals surface area (Å²) < 4.78 is 0. The molecule has 0 aliphatic heterocycles. The van der Waals surface area contributed by atoms with Crippen LogP contribution in [0.2, 0.25) is 0 Å². The van der Waals surface area contributed by atoms with Gasteiger partial charge in [0.05, 0.1) is 0 Å². The molecular weight excluding hydrogens is 196 g/mol. The van der Waals surface area contributed by atoms with Crippen molar-refractivity contribution in [2.45, 2.75) is 57.9 Å². The first-order valence-electron chi connectivity index (χ1n) is 7.24. The molecule has 0 amide bonds. The Kier molecular flexibility index (Phi) is 4.66. The van der Waals surface area contributed by atoms with Gasteiger partial charge < -0.3 is 11.1 Å². The van der Waals surface area contributed by atoms with E-state index in [4.69, 9.17) is 5.73 Å². The third kappa shape index (κ3) is 3.46. The fourth-order valence-electron chi connectivity index (χ4n) is 3.14. The highest BCUT2D eigenvalue weighted by atomic mass is 14.9. The lowest BCUT2D eigenvalue weighted by atomic mass is 9.91. The standard InChI is InChI=1S/C14H28N2/c1-11-8-13(11)10-16-14(9-15)12-6-4-2-3-5-7-12/h11-14,16H,2-10,15H2,1H3. The van der Waals surface area contributed by atoms with Crippen LogP contribution >= 0.6 is 0 Å². The molecule has 16 heavy (non-hydrogen) atoms. The molecule has 0 spiro atoms. The Morgan fingerprint density at radius 3 is 2.31 bits per heavy atom. The van der Waals surface area contributed by atoms with Crippen LogP contribution in [0.5, 0.6) is 0 Å². The minimum Gasteiger partial charge on any atom is -0.329 e. The maximum atomic E-state index is 5.93. The molecule has 2 aliphatic rings. The predicted molar refractivity (Wildman–Crippen MR) is 69.3 cm³/mol. The lowest BCUT2D eigenvalue weighted by Crippen LogP contribution is -2.43. The van der Waals surface area contributed by atoms with Crippen LogP contribution in [0.15, 0.2) is 0 Å². The van der Waals surface area contributed by atoms with Gasteiger partial charge >= 0.3 is 0 Å². The molecule has 2 rings (SSSR count). The summed E-state index contributed by atoms with van der Waals surface area (Å²) in [5, 5.41) is 3.73. The van der Waals surface area contributed by atoms with Gasteiger partial charge in [0, 0.05) is 12.6 Å². The lowest BCUT2D eigenvalue weighted by molar-refractivity contribution is 0.320. The Bertz CT molecular complexity index is 197. The summed E-state index contributed by atoms with van der Waals surface area (Å²) in [7, 11) is 0. The highest BCUT2D eigenvalue weighted by Gasteiger charge is 2.33. The van der Waals surface area contributed by atoms with E-state index in [1.807, 2.05) is 0 Å². The molecule has 3 unspecified atom stereocenters. The Balaban J connectivity index is 1.73. The van der Waals surface area contributed by atoms with Crippen molar-refractivity contribution in [3.05, 3.63) is 0 Å². The van der Waals surface area contributed by atoms with Gasteiger partial charge in [0.1, 0.15) is 0 Å². The number of hydrogen-bond donors (Lipinski definition) is 2. The van der Waals surface area contributed by atoms with E-state index in [1.165, 1.54) is 51.5 Å². The van der Waals surface area contributed by atoms with E-state index in [1.54, 1.807) is 0 Å². The van der Waals surface area contributed by atoms with E-state index >= 15 is 0 Å². The Morgan fingerprint density at radius 1 is 1.19 bits per heavy atom. The summed E-state index contributed by atoms with van der Waals surface area (Å²) in [6, 6.07) is 0.589. The van der Waals surface area contributed by atoms with Gasteiger partial charge in [-0.3, -0.25) is 0 Å². The molecule has 3 atom stereocenters. The number of rotatable bonds is 5. The molecule has 2 nitrogen and oxygen atoms in total. The second-order valence-electron chi connectivity index (χ2n) is 5.98. The maximum Gasteiger partial charge on any atom is 0.0218 e. The van der Waals surface area contributed by atoms with Crippen LogP contribution in [0.4, 0.5) is 0 Å². The fourth-order valence-corrected chi connectivity index (χ4v) is 3.14. The zero-order chi connectivity index (χ0) is 11.4. The average Bonchev–Trinajstić information content (AvgIpc) is 3.03. The van der Waals surface area contributed by atoms with Crippen LogP contribution in [-0.4, -0.2) is 19.1 Å². The lowest BCUT2D eigenvalue weighted by Gasteiger charge is -2.26. The molecule has 2 aliphatic carbocycles. The second kappa shape index (κ2) is 6.02. The van der Waals surface area contributed by atoms with Crippen molar-refractivity contribution < 1.29 is 0 Å². The van der Waals surface area contributed by atoms with Gasteiger partial charge in [0.15, 0.2) is 0 Å². The van der Waals surface area contributed by atoms with Crippen LogP contribution in [0.25, 0.3) is 0 Å². The minimum absolute atomic E-state index is 0.589. The smallest absolute Gasteiger partial charge is 0.0218 e. The van der Waals surface area contributed by atoms with Crippen LogP contribution < -0.4 is 11.1 Å². The number of nitrogens with two attached hydrogens (primary N) is 1. The highest BCUT2D eigenvalue weighted by Crippen LogP contribution is 2.37. The van der Waals surface area contributed by atoms with E-state index in [0.717, 1.165) is 24.3 Å². The van der Waals surface area contributed by atoms with Crippen molar-refractivity contribution in [1.82, 2.24) is 5.32 Å². The van der Waals surface area contributed by atoms with Crippen molar-refractivity contribution in [2.24, 2.45) is 23.5 Å². The second-order valence-corrected chi connectivity index (χ2v) is 5.98. The van der Waals surface area contributed by atoms with Crippen LogP contribution in [0, 0.1) is 17.8 Å². The summed E-state index contributed by atoms with van der Waals surface area (Å²) in [6.07, 6.45) is 9.94. The largest absolute Gasteiger partial charge is 0.329 e. The summed E-state index contributed by atoms with van der Waals surface area (Å²) >= 11 is 0. The van der Waals surface area contributed by atoms with Gasteiger partial charge in [0.25, 0.3) is 0 Å². The number of nitrogens with one attached hydrogen (secondary N) is 1. The van der Waals surface area contributed by atoms with Gasteiger partial charge in [-0.1, -0.05) is 32.6 Å². The molecule has 2 fully saturated rings. The summed E-state index contributed by atoms with van der Waals surface area (Å²) in [6.45, 7) is 4.39. The monoisotopic (exact) mass is 224 g/mol. The Hall–Kier alpha value is -0.0800. The molecule has 0 radical (unpaired) electrons.